The lowest BCUT2D eigenvalue weighted by Gasteiger charge is -2.33. The molecule has 186 valence electrons. The van der Waals surface area contributed by atoms with Crippen LogP contribution in [0.15, 0.2) is 30.6 Å². The first-order valence-corrected chi connectivity index (χ1v) is 11.4. The van der Waals surface area contributed by atoms with E-state index < -0.39 is 23.6 Å². The summed E-state index contributed by atoms with van der Waals surface area (Å²) in [6.45, 7) is 5.15. The summed E-state index contributed by atoms with van der Waals surface area (Å²) >= 11 is 0. The number of aliphatic hydroxyl groups is 1. The summed E-state index contributed by atoms with van der Waals surface area (Å²) in [7, 11) is 0. The quantitative estimate of drug-likeness (QED) is 0.533. The van der Waals surface area contributed by atoms with Crippen LogP contribution in [0.2, 0.25) is 0 Å². The summed E-state index contributed by atoms with van der Waals surface area (Å²) in [5, 5.41) is 11.4. The zero-order valence-electron chi connectivity index (χ0n) is 19.4. The summed E-state index contributed by atoms with van der Waals surface area (Å²) in [6, 6.07) is 4.41. The number of anilines is 1. The predicted octanol–water partition coefficient (Wildman–Crippen LogP) is 3.66. The molecule has 2 aromatic heterocycles. The van der Waals surface area contributed by atoms with Gasteiger partial charge in [0.2, 0.25) is 5.91 Å². The summed E-state index contributed by atoms with van der Waals surface area (Å²) in [6.07, 6.45) is -0.0526. The van der Waals surface area contributed by atoms with Crippen molar-refractivity contribution in [3.05, 3.63) is 53.0 Å². The third-order valence-corrected chi connectivity index (χ3v) is 6.09. The lowest BCUT2D eigenvalue weighted by Crippen LogP contribution is -2.36. The maximum absolute atomic E-state index is 13.8. The number of ether oxygens (including phenoxy) is 1. The number of rotatable bonds is 9. The first-order chi connectivity index (χ1) is 16.2. The number of carbonyl (C=O) groups excluding carboxylic acids is 1. The van der Waals surface area contributed by atoms with Crippen LogP contribution in [-0.2, 0) is 28.9 Å². The number of pyridine rings is 2. The van der Waals surface area contributed by atoms with Gasteiger partial charge in [-0.3, -0.25) is 9.78 Å². The number of hydrogen-bond acceptors (Lipinski definition) is 6. The fourth-order valence-corrected chi connectivity index (χ4v) is 3.91. The molecule has 1 amide bonds. The van der Waals surface area contributed by atoms with E-state index in [9.17, 15) is 18.0 Å². The second-order valence-electron chi connectivity index (χ2n) is 8.63. The van der Waals surface area contributed by atoms with Crippen LogP contribution in [-0.4, -0.2) is 47.3 Å². The van der Waals surface area contributed by atoms with Gasteiger partial charge in [-0.1, -0.05) is 13.0 Å². The highest BCUT2D eigenvalue weighted by Gasteiger charge is 2.36. The van der Waals surface area contributed by atoms with E-state index in [1.807, 2.05) is 4.90 Å². The SMILES string of the molecule is CC1CCN(c2nccc(C(F)(F)F)c2CNC(=O)C(C)c2ccc(COCCO)nc2)CC1. The van der Waals surface area contributed by atoms with E-state index in [0.29, 0.717) is 30.3 Å². The number of halogens is 3. The average Bonchev–Trinajstić information content (AvgIpc) is 2.82. The highest BCUT2D eigenvalue weighted by molar-refractivity contribution is 5.83. The molecule has 1 saturated heterocycles. The number of carbonyl (C=O) groups is 1. The van der Waals surface area contributed by atoms with Gasteiger partial charge in [-0.2, -0.15) is 13.2 Å². The number of aliphatic hydroxyl groups excluding tert-OH is 1. The molecule has 0 spiro atoms. The molecule has 1 aliphatic heterocycles. The van der Waals surface area contributed by atoms with Crippen molar-refractivity contribution in [2.75, 3.05) is 31.2 Å². The Labute approximate surface area is 197 Å². The number of amides is 1. The predicted molar refractivity (Wildman–Crippen MR) is 121 cm³/mol. The van der Waals surface area contributed by atoms with E-state index in [1.54, 1.807) is 25.3 Å². The molecule has 2 N–H and O–H groups in total. The van der Waals surface area contributed by atoms with Crippen LogP contribution in [0, 0.1) is 5.92 Å². The Morgan fingerprint density at radius 1 is 1.26 bits per heavy atom. The van der Waals surface area contributed by atoms with E-state index >= 15 is 0 Å². The lowest BCUT2D eigenvalue weighted by molar-refractivity contribution is -0.138. The van der Waals surface area contributed by atoms with Gasteiger partial charge in [0, 0.05) is 37.6 Å². The second-order valence-corrected chi connectivity index (χ2v) is 8.63. The maximum atomic E-state index is 13.8. The molecule has 1 unspecified atom stereocenters. The summed E-state index contributed by atoms with van der Waals surface area (Å²) in [5.74, 6) is -0.206. The van der Waals surface area contributed by atoms with Crippen LogP contribution in [0.3, 0.4) is 0 Å². The summed E-state index contributed by atoms with van der Waals surface area (Å²) in [5.41, 5.74) is 0.490. The normalized spacial score (nSPS) is 15.9. The van der Waals surface area contributed by atoms with Crippen LogP contribution >= 0.6 is 0 Å². The molecule has 0 aliphatic carbocycles. The van der Waals surface area contributed by atoms with Gasteiger partial charge >= 0.3 is 6.18 Å². The largest absolute Gasteiger partial charge is 0.416 e. The zero-order chi connectivity index (χ0) is 24.7. The van der Waals surface area contributed by atoms with Crippen molar-refractivity contribution in [2.24, 2.45) is 5.92 Å². The van der Waals surface area contributed by atoms with Crippen molar-refractivity contribution in [2.45, 2.75) is 51.9 Å². The van der Waals surface area contributed by atoms with E-state index in [0.717, 1.165) is 18.9 Å². The lowest BCUT2D eigenvalue weighted by atomic mass is 9.98. The van der Waals surface area contributed by atoms with Crippen molar-refractivity contribution in [3.63, 3.8) is 0 Å². The van der Waals surface area contributed by atoms with Crippen molar-refractivity contribution < 1.29 is 27.8 Å². The zero-order valence-corrected chi connectivity index (χ0v) is 19.4. The van der Waals surface area contributed by atoms with Gasteiger partial charge in [0.1, 0.15) is 5.82 Å². The molecule has 3 rings (SSSR count). The van der Waals surface area contributed by atoms with Gasteiger partial charge in [-0.05, 0) is 43.4 Å². The standard InChI is InChI=1S/C24H31F3N4O3/c1-16-6-9-31(10-7-16)22-20(21(5-8-28-22)24(25,26)27)14-30-23(33)17(2)18-3-4-19(29-13-18)15-34-12-11-32/h3-5,8,13,16-17,32H,6-7,9-12,14-15H2,1-2H3,(H,30,33). The Kier molecular flexibility index (Phi) is 8.84. The Morgan fingerprint density at radius 2 is 2.00 bits per heavy atom. The summed E-state index contributed by atoms with van der Waals surface area (Å²) in [4.78, 5) is 23.2. The van der Waals surface area contributed by atoms with Gasteiger partial charge in [0.05, 0.1) is 37.0 Å². The number of nitrogens with zero attached hydrogens (tertiary/aromatic N) is 3. The van der Waals surface area contributed by atoms with Gasteiger partial charge in [-0.25, -0.2) is 4.98 Å². The molecular weight excluding hydrogens is 449 g/mol. The first-order valence-electron chi connectivity index (χ1n) is 11.4. The molecule has 0 radical (unpaired) electrons. The minimum atomic E-state index is -4.55. The highest BCUT2D eigenvalue weighted by Crippen LogP contribution is 2.36. The molecule has 0 aromatic carbocycles. The van der Waals surface area contributed by atoms with Crippen molar-refractivity contribution in [1.29, 1.82) is 0 Å². The molecule has 3 heterocycles. The topological polar surface area (TPSA) is 87.6 Å². The molecule has 1 aliphatic rings. The van der Waals surface area contributed by atoms with Crippen LogP contribution in [0.4, 0.5) is 19.0 Å². The number of hydrogen-bond donors (Lipinski definition) is 2. The fraction of sp³-hybridized carbons (Fsp3) is 0.542. The van der Waals surface area contributed by atoms with Crippen LogP contribution < -0.4 is 10.2 Å². The molecule has 1 atom stereocenters. The molecule has 0 bridgehead atoms. The Balaban J connectivity index is 1.72. The molecule has 7 nitrogen and oxygen atoms in total. The molecule has 34 heavy (non-hydrogen) atoms. The van der Waals surface area contributed by atoms with Crippen molar-refractivity contribution in [3.8, 4) is 0 Å². The van der Waals surface area contributed by atoms with Gasteiger partial charge < -0.3 is 20.1 Å². The van der Waals surface area contributed by atoms with Gasteiger partial charge in [0.25, 0.3) is 0 Å². The molecule has 10 heteroatoms. The summed E-state index contributed by atoms with van der Waals surface area (Å²) < 4.78 is 46.5. The van der Waals surface area contributed by atoms with Crippen molar-refractivity contribution in [1.82, 2.24) is 15.3 Å². The molecule has 0 saturated carbocycles. The van der Waals surface area contributed by atoms with E-state index in [4.69, 9.17) is 9.84 Å². The third kappa shape index (κ3) is 6.66. The molecule has 2 aromatic rings. The van der Waals surface area contributed by atoms with E-state index in [2.05, 4.69) is 22.2 Å². The number of nitrogens with one attached hydrogen (secondary N) is 1. The number of aromatic nitrogens is 2. The Hall–Kier alpha value is -2.72. The van der Waals surface area contributed by atoms with E-state index in [1.165, 1.54) is 6.20 Å². The van der Waals surface area contributed by atoms with Gasteiger partial charge in [0.15, 0.2) is 0 Å². The van der Waals surface area contributed by atoms with Crippen LogP contribution in [0.1, 0.15) is 55.0 Å². The van der Waals surface area contributed by atoms with Crippen molar-refractivity contribution >= 4 is 11.7 Å². The third-order valence-electron chi connectivity index (χ3n) is 6.09. The monoisotopic (exact) mass is 480 g/mol. The number of piperidine rings is 1. The number of alkyl halides is 3. The first kappa shape index (κ1) is 25.9. The second kappa shape index (κ2) is 11.6. The molecular formula is C24H31F3N4O3. The van der Waals surface area contributed by atoms with Crippen LogP contribution in [0.25, 0.3) is 0 Å². The minimum Gasteiger partial charge on any atom is -0.394 e. The smallest absolute Gasteiger partial charge is 0.394 e. The van der Waals surface area contributed by atoms with Crippen LogP contribution in [0.5, 0.6) is 0 Å². The highest BCUT2D eigenvalue weighted by atomic mass is 19.4. The fourth-order valence-electron chi connectivity index (χ4n) is 3.91. The van der Waals surface area contributed by atoms with E-state index in [-0.39, 0.29) is 37.7 Å². The van der Waals surface area contributed by atoms with Gasteiger partial charge in [-0.15, -0.1) is 0 Å². The maximum Gasteiger partial charge on any atom is 0.416 e. The average molecular weight is 481 g/mol. The molecule has 1 fully saturated rings. The Morgan fingerprint density at radius 3 is 2.62 bits per heavy atom. The minimum absolute atomic E-state index is 0.0143. The Bertz CT molecular complexity index is 945.